The predicted octanol–water partition coefficient (Wildman–Crippen LogP) is 7.05. The van der Waals surface area contributed by atoms with Gasteiger partial charge in [0.05, 0.1) is 6.26 Å². The van der Waals surface area contributed by atoms with Crippen LogP contribution in [0.25, 0.3) is 22.5 Å². The summed E-state index contributed by atoms with van der Waals surface area (Å²) in [5.41, 5.74) is 3.43. The van der Waals surface area contributed by atoms with Crippen molar-refractivity contribution in [3.63, 3.8) is 0 Å². The highest BCUT2D eigenvalue weighted by atomic mass is 35.5. The minimum atomic E-state index is -0.958. The van der Waals surface area contributed by atoms with Crippen molar-refractivity contribution in [2.24, 2.45) is 0 Å². The van der Waals surface area contributed by atoms with E-state index in [1.807, 2.05) is 18.2 Å². The third kappa shape index (κ3) is 3.67. The molecule has 140 valence electrons. The molecule has 2 aromatic heterocycles. The topological polar surface area (TPSA) is 46.3 Å². The van der Waals surface area contributed by atoms with Gasteiger partial charge in [0, 0.05) is 55.3 Å². The number of hydrogen-bond acceptors (Lipinski definition) is 3. The van der Waals surface area contributed by atoms with Crippen LogP contribution in [-0.4, -0.2) is 10.1 Å². The Hall–Kier alpha value is -2.30. The fraction of sp³-hybridized carbons (Fsp3) is 0.0455. The van der Waals surface area contributed by atoms with Gasteiger partial charge in [0.2, 0.25) is 0 Å². The molecule has 1 unspecified atom stereocenters. The number of aliphatic hydroxyl groups excluding tert-OH is 1. The Labute approximate surface area is 177 Å². The zero-order valence-electron chi connectivity index (χ0n) is 14.4. The lowest BCUT2D eigenvalue weighted by molar-refractivity contribution is 0.220. The van der Waals surface area contributed by atoms with Gasteiger partial charge in [0.25, 0.3) is 0 Å². The molecular formula is C22H14Cl3NO2. The molecule has 28 heavy (non-hydrogen) atoms. The summed E-state index contributed by atoms with van der Waals surface area (Å²) < 4.78 is 5.89. The Kier molecular flexibility index (Phi) is 5.42. The monoisotopic (exact) mass is 429 g/mol. The average Bonchev–Trinajstić information content (AvgIpc) is 3.13. The highest BCUT2D eigenvalue weighted by Crippen LogP contribution is 2.43. The van der Waals surface area contributed by atoms with E-state index in [4.69, 9.17) is 39.2 Å². The maximum atomic E-state index is 11.2. The molecule has 0 saturated heterocycles. The second kappa shape index (κ2) is 7.98. The smallest absolute Gasteiger partial charge is 0.140 e. The van der Waals surface area contributed by atoms with Crippen LogP contribution in [0.5, 0.6) is 0 Å². The summed E-state index contributed by atoms with van der Waals surface area (Å²) in [6.07, 6.45) is 3.91. The Morgan fingerprint density at radius 1 is 0.893 bits per heavy atom. The van der Waals surface area contributed by atoms with Gasteiger partial charge in [-0.15, -0.1) is 0 Å². The largest absolute Gasteiger partial charge is 0.463 e. The number of benzene rings is 2. The molecule has 2 aromatic carbocycles. The first-order chi connectivity index (χ1) is 13.5. The van der Waals surface area contributed by atoms with Crippen LogP contribution < -0.4 is 0 Å². The maximum Gasteiger partial charge on any atom is 0.140 e. The van der Waals surface area contributed by atoms with Crippen molar-refractivity contribution in [3.8, 4) is 22.5 Å². The summed E-state index contributed by atoms with van der Waals surface area (Å²) in [6, 6.07) is 16.0. The molecule has 3 nitrogen and oxygen atoms in total. The van der Waals surface area contributed by atoms with Gasteiger partial charge >= 0.3 is 0 Å². The van der Waals surface area contributed by atoms with Crippen LogP contribution in [0.1, 0.15) is 17.2 Å². The van der Waals surface area contributed by atoms with Gasteiger partial charge in [-0.3, -0.25) is 4.98 Å². The average molecular weight is 431 g/mol. The van der Waals surface area contributed by atoms with Gasteiger partial charge in [0.15, 0.2) is 0 Å². The van der Waals surface area contributed by atoms with E-state index < -0.39 is 6.10 Å². The van der Waals surface area contributed by atoms with E-state index in [9.17, 15) is 5.11 Å². The fourth-order valence-corrected chi connectivity index (χ4v) is 3.72. The van der Waals surface area contributed by atoms with Gasteiger partial charge in [-0.25, -0.2) is 0 Å². The van der Waals surface area contributed by atoms with Crippen LogP contribution in [0.15, 0.2) is 77.7 Å². The number of nitrogens with zero attached hydrogens (tertiary/aromatic N) is 1. The number of rotatable bonds is 4. The Morgan fingerprint density at radius 3 is 2.32 bits per heavy atom. The lowest BCUT2D eigenvalue weighted by atomic mass is 9.93. The fourth-order valence-electron chi connectivity index (χ4n) is 3.08. The molecule has 0 fully saturated rings. The summed E-state index contributed by atoms with van der Waals surface area (Å²) in [6.45, 7) is 0. The van der Waals surface area contributed by atoms with Crippen molar-refractivity contribution in [1.82, 2.24) is 4.98 Å². The van der Waals surface area contributed by atoms with Gasteiger partial charge in [-0.2, -0.15) is 0 Å². The SMILES string of the molecule is OC(c1cccnc1)c1c(-c2ccc(Cl)cc2Cl)coc1-c1ccc(Cl)cc1. The molecule has 0 spiro atoms. The number of halogens is 3. The molecule has 0 radical (unpaired) electrons. The van der Waals surface area contributed by atoms with E-state index in [2.05, 4.69) is 4.98 Å². The molecule has 1 atom stereocenters. The van der Waals surface area contributed by atoms with Gasteiger partial charge in [-0.05, 0) is 42.5 Å². The van der Waals surface area contributed by atoms with E-state index in [0.29, 0.717) is 43.1 Å². The Morgan fingerprint density at radius 2 is 1.64 bits per heavy atom. The third-order valence-corrected chi connectivity index (χ3v) is 5.23. The van der Waals surface area contributed by atoms with Crippen LogP contribution in [0.4, 0.5) is 0 Å². The van der Waals surface area contributed by atoms with E-state index in [1.54, 1.807) is 55.1 Å². The zero-order chi connectivity index (χ0) is 19.7. The van der Waals surface area contributed by atoms with Crippen molar-refractivity contribution in [1.29, 1.82) is 0 Å². The van der Waals surface area contributed by atoms with Crippen molar-refractivity contribution >= 4 is 34.8 Å². The minimum Gasteiger partial charge on any atom is -0.463 e. The Bertz CT molecular complexity index is 1110. The molecule has 0 aliphatic carbocycles. The van der Waals surface area contributed by atoms with Crippen molar-refractivity contribution in [3.05, 3.63) is 99.4 Å². The Balaban J connectivity index is 1.93. The van der Waals surface area contributed by atoms with E-state index >= 15 is 0 Å². The number of aliphatic hydroxyl groups is 1. The molecule has 6 heteroatoms. The number of aromatic nitrogens is 1. The first-order valence-corrected chi connectivity index (χ1v) is 9.58. The van der Waals surface area contributed by atoms with Gasteiger partial charge in [0.1, 0.15) is 11.9 Å². The molecule has 0 bridgehead atoms. The van der Waals surface area contributed by atoms with Crippen molar-refractivity contribution < 1.29 is 9.52 Å². The summed E-state index contributed by atoms with van der Waals surface area (Å²) >= 11 is 18.5. The molecule has 0 aliphatic rings. The van der Waals surface area contributed by atoms with E-state index in [1.165, 1.54) is 0 Å². The summed E-state index contributed by atoms with van der Waals surface area (Å²) in [5.74, 6) is 0.536. The highest BCUT2D eigenvalue weighted by molar-refractivity contribution is 6.36. The standard InChI is InChI=1S/C22H14Cl3NO2/c23-15-5-3-13(4-6-15)22-20(21(27)14-2-1-9-26-11-14)18(12-28-22)17-8-7-16(24)10-19(17)25/h1-12,21,27H. The lowest BCUT2D eigenvalue weighted by Gasteiger charge is -2.15. The first-order valence-electron chi connectivity index (χ1n) is 8.45. The van der Waals surface area contributed by atoms with Crippen LogP contribution >= 0.6 is 34.8 Å². The molecule has 4 aromatic rings. The number of hydrogen-bond donors (Lipinski definition) is 1. The maximum absolute atomic E-state index is 11.2. The molecular weight excluding hydrogens is 417 g/mol. The molecule has 1 N–H and O–H groups in total. The molecule has 2 heterocycles. The number of furan rings is 1. The van der Waals surface area contributed by atoms with Crippen LogP contribution in [0.3, 0.4) is 0 Å². The van der Waals surface area contributed by atoms with E-state index in [0.717, 1.165) is 5.56 Å². The lowest BCUT2D eigenvalue weighted by Crippen LogP contribution is -2.02. The minimum absolute atomic E-state index is 0.468. The second-order valence-electron chi connectivity index (χ2n) is 6.21. The second-order valence-corrected chi connectivity index (χ2v) is 7.49. The number of pyridine rings is 1. The molecule has 0 amide bonds. The normalized spacial score (nSPS) is 12.1. The third-order valence-electron chi connectivity index (χ3n) is 4.43. The van der Waals surface area contributed by atoms with Gasteiger partial charge in [-0.1, -0.05) is 46.9 Å². The quantitative estimate of drug-likeness (QED) is 0.377. The summed E-state index contributed by atoms with van der Waals surface area (Å²) in [4.78, 5) is 4.11. The molecule has 0 saturated carbocycles. The summed E-state index contributed by atoms with van der Waals surface area (Å²) in [5, 5.41) is 12.8. The molecule has 4 rings (SSSR count). The summed E-state index contributed by atoms with van der Waals surface area (Å²) in [7, 11) is 0. The van der Waals surface area contributed by atoms with Crippen molar-refractivity contribution in [2.45, 2.75) is 6.10 Å². The first kappa shape index (κ1) is 19.0. The molecule has 0 aliphatic heterocycles. The van der Waals surface area contributed by atoms with E-state index in [-0.39, 0.29) is 0 Å². The highest BCUT2D eigenvalue weighted by Gasteiger charge is 2.25. The zero-order valence-corrected chi connectivity index (χ0v) is 16.7. The van der Waals surface area contributed by atoms with Crippen molar-refractivity contribution in [2.75, 3.05) is 0 Å². The van der Waals surface area contributed by atoms with Gasteiger partial charge < -0.3 is 9.52 Å². The van der Waals surface area contributed by atoms with Crippen LogP contribution in [0, 0.1) is 0 Å². The predicted molar refractivity (Wildman–Crippen MR) is 113 cm³/mol. The van der Waals surface area contributed by atoms with Crippen LogP contribution in [-0.2, 0) is 0 Å². The van der Waals surface area contributed by atoms with Crippen LogP contribution in [0.2, 0.25) is 15.1 Å².